The third kappa shape index (κ3) is 7.35. The van der Waals surface area contributed by atoms with Crippen molar-refractivity contribution in [2.45, 2.75) is 83.3 Å². The summed E-state index contributed by atoms with van der Waals surface area (Å²) in [6, 6.07) is 17.2. The van der Waals surface area contributed by atoms with Gasteiger partial charge in [0.15, 0.2) is 0 Å². The molecule has 44 heavy (non-hydrogen) atoms. The fourth-order valence-electron chi connectivity index (χ4n) is 7.78. The average Bonchev–Trinajstić information content (AvgIpc) is 3.62. The van der Waals surface area contributed by atoms with E-state index in [0.29, 0.717) is 11.8 Å². The zero-order valence-corrected chi connectivity index (χ0v) is 27.0. The molecule has 2 aliphatic rings. The van der Waals surface area contributed by atoms with Gasteiger partial charge in [0, 0.05) is 37.2 Å². The molecule has 1 aromatic heterocycles. The Labute approximate surface area is 262 Å². The van der Waals surface area contributed by atoms with Gasteiger partial charge in [-0.3, -0.25) is 14.4 Å². The highest BCUT2D eigenvalue weighted by molar-refractivity contribution is 5.73. The molecule has 8 heteroatoms. The number of ether oxygens (including phenoxy) is 1. The largest absolute Gasteiger partial charge is 0.497 e. The number of likely N-dealkylation sites (tertiary alicyclic amines) is 1. The van der Waals surface area contributed by atoms with Crippen molar-refractivity contribution in [2.75, 3.05) is 33.8 Å². The smallest absolute Gasteiger partial charge is 0.321 e. The van der Waals surface area contributed by atoms with Crippen LogP contribution < -0.4 is 4.74 Å². The Kier molecular flexibility index (Phi) is 10.4. The first-order valence-corrected chi connectivity index (χ1v) is 16.3. The number of carbonyl (C=O) groups is 1. The van der Waals surface area contributed by atoms with Crippen molar-refractivity contribution >= 4 is 5.97 Å². The first-order valence-electron chi connectivity index (χ1n) is 16.3. The lowest BCUT2D eigenvalue weighted by molar-refractivity contribution is -0.145. The summed E-state index contributed by atoms with van der Waals surface area (Å²) in [7, 11) is 3.64. The van der Waals surface area contributed by atoms with Crippen LogP contribution in [0.25, 0.3) is 0 Å². The molecule has 1 saturated heterocycles. The summed E-state index contributed by atoms with van der Waals surface area (Å²) >= 11 is 0. The van der Waals surface area contributed by atoms with E-state index in [-0.39, 0.29) is 23.7 Å². The lowest BCUT2D eigenvalue weighted by Gasteiger charge is -2.35. The van der Waals surface area contributed by atoms with Crippen LogP contribution in [0.5, 0.6) is 5.75 Å². The minimum absolute atomic E-state index is 0.0106. The molecule has 1 N–H and O–H groups in total. The minimum Gasteiger partial charge on any atom is -0.497 e. The summed E-state index contributed by atoms with van der Waals surface area (Å²) < 4.78 is 21.8. The van der Waals surface area contributed by atoms with Gasteiger partial charge in [-0.15, -0.1) is 0 Å². The number of aliphatic carboxylic acids is 1. The van der Waals surface area contributed by atoms with Crippen LogP contribution in [-0.4, -0.2) is 76.5 Å². The van der Waals surface area contributed by atoms with Crippen molar-refractivity contribution < 1.29 is 19.0 Å². The second kappa shape index (κ2) is 14.2. The second-order valence-corrected chi connectivity index (χ2v) is 13.2. The molecule has 0 bridgehead atoms. The molecule has 2 heterocycles. The van der Waals surface area contributed by atoms with E-state index in [4.69, 9.17) is 9.84 Å². The number of carboxylic acid groups (broad SMARTS) is 1. The van der Waals surface area contributed by atoms with Gasteiger partial charge in [-0.2, -0.15) is 5.10 Å². The van der Waals surface area contributed by atoms with Crippen LogP contribution in [-0.2, 0) is 17.8 Å². The van der Waals surface area contributed by atoms with Crippen LogP contribution >= 0.6 is 0 Å². The first-order chi connectivity index (χ1) is 21.2. The van der Waals surface area contributed by atoms with Crippen LogP contribution in [0.4, 0.5) is 4.39 Å². The number of aromatic nitrogens is 2. The van der Waals surface area contributed by atoms with Gasteiger partial charge in [0.25, 0.3) is 0 Å². The van der Waals surface area contributed by atoms with Crippen LogP contribution in [0, 0.1) is 17.7 Å². The molecule has 1 saturated carbocycles. The molecule has 4 atom stereocenters. The fraction of sp³-hybridized carbons (Fsp3) is 0.556. The number of aryl methyl sites for hydroxylation is 1. The number of carboxylic acids is 1. The Morgan fingerprint density at radius 2 is 1.84 bits per heavy atom. The first kappa shape index (κ1) is 32.2. The van der Waals surface area contributed by atoms with Gasteiger partial charge in [-0.25, -0.2) is 4.39 Å². The molecule has 238 valence electrons. The number of hydrogen-bond acceptors (Lipinski definition) is 5. The molecule has 7 nitrogen and oxygen atoms in total. The number of hydrogen-bond donors (Lipinski definition) is 1. The Bertz CT molecular complexity index is 1380. The maximum atomic E-state index is 14.3. The molecule has 1 unspecified atom stereocenters. The standard InChI is InChI=1S/C36H49FN4O3/c1-6-41-34(21-30(38-41)18-25-10-12-32(44-5)13-11-25)26-14-16-40(17-15-26)23-28-20-31(39(4)35(24(2)3)36(42)43)22-33(28)27-8-7-9-29(37)19-27/h7-13,19,21,24,26,28,31,33,35H,6,14-18,20,22-23H2,1-5H3,(H,42,43)/t28-,31?,33-,35-/m1/s1. The van der Waals surface area contributed by atoms with Crippen molar-refractivity contribution in [3.63, 3.8) is 0 Å². The number of rotatable bonds is 12. The van der Waals surface area contributed by atoms with E-state index in [1.807, 2.05) is 39.1 Å². The summed E-state index contributed by atoms with van der Waals surface area (Å²) in [6.07, 6.45) is 4.75. The van der Waals surface area contributed by atoms with Crippen molar-refractivity contribution in [2.24, 2.45) is 11.8 Å². The molecule has 3 aromatic rings. The lowest BCUT2D eigenvalue weighted by atomic mass is 9.87. The normalized spacial score (nSPS) is 22.1. The van der Waals surface area contributed by atoms with Gasteiger partial charge in [-0.1, -0.05) is 38.1 Å². The maximum Gasteiger partial charge on any atom is 0.321 e. The van der Waals surface area contributed by atoms with E-state index >= 15 is 0 Å². The van der Waals surface area contributed by atoms with E-state index in [0.717, 1.165) is 75.3 Å². The van der Waals surface area contributed by atoms with Gasteiger partial charge in [0.05, 0.1) is 12.8 Å². The molecule has 1 aliphatic heterocycles. The molecule has 0 radical (unpaired) electrons. The Balaban J connectivity index is 1.25. The van der Waals surface area contributed by atoms with Crippen molar-refractivity contribution in [3.8, 4) is 5.75 Å². The van der Waals surface area contributed by atoms with Crippen LogP contribution in [0.3, 0.4) is 0 Å². The van der Waals surface area contributed by atoms with E-state index in [1.165, 1.54) is 17.3 Å². The molecule has 0 amide bonds. The SMILES string of the molecule is CCn1nc(Cc2ccc(OC)cc2)cc1C1CCN(C[C@H]2CC(N(C)[C@@H](C(=O)O)C(C)C)C[C@@H]2c2cccc(F)c2)CC1. The summed E-state index contributed by atoms with van der Waals surface area (Å²) in [5.74, 6) is 0.933. The lowest BCUT2D eigenvalue weighted by Crippen LogP contribution is -2.47. The minimum atomic E-state index is -0.770. The van der Waals surface area contributed by atoms with E-state index in [9.17, 15) is 14.3 Å². The summed E-state index contributed by atoms with van der Waals surface area (Å²) in [5.41, 5.74) is 4.71. The quantitative estimate of drug-likeness (QED) is 0.257. The fourth-order valence-corrected chi connectivity index (χ4v) is 7.78. The van der Waals surface area contributed by atoms with Crippen LogP contribution in [0.2, 0.25) is 0 Å². The molecule has 5 rings (SSSR count). The van der Waals surface area contributed by atoms with Gasteiger partial charge in [0.2, 0.25) is 0 Å². The Hall–Kier alpha value is -3.23. The van der Waals surface area contributed by atoms with Gasteiger partial charge in [-0.05, 0) is 112 Å². The van der Waals surface area contributed by atoms with Crippen LogP contribution in [0.1, 0.15) is 80.8 Å². The van der Waals surface area contributed by atoms with Crippen molar-refractivity contribution in [3.05, 3.63) is 82.9 Å². The highest BCUT2D eigenvalue weighted by atomic mass is 19.1. The van der Waals surface area contributed by atoms with Gasteiger partial charge >= 0.3 is 5.97 Å². The van der Waals surface area contributed by atoms with E-state index in [2.05, 4.69) is 39.6 Å². The van der Waals surface area contributed by atoms with E-state index < -0.39 is 12.0 Å². The predicted molar refractivity (Wildman–Crippen MR) is 172 cm³/mol. The Morgan fingerprint density at radius 1 is 1.11 bits per heavy atom. The van der Waals surface area contributed by atoms with E-state index in [1.54, 1.807) is 19.2 Å². The summed E-state index contributed by atoms with van der Waals surface area (Å²) in [6.45, 7) is 9.96. The number of nitrogens with zero attached hydrogens (tertiary/aromatic N) is 4. The third-order valence-electron chi connectivity index (χ3n) is 10.1. The molecule has 0 spiro atoms. The predicted octanol–water partition coefficient (Wildman–Crippen LogP) is 6.42. The van der Waals surface area contributed by atoms with Gasteiger partial charge in [0.1, 0.15) is 17.6 Å². The zero-order chi connectivity index (χ0) is 31.4. The second-order valence-electron chi connectivity index (χ2n) is 13.2. The topological polar surface area (TPSA) is 70.8 Å². The van der Waals surface area contributed by atoms with Crippen molar-refractivity contribution in [1.29, 1.82) is 0 Å². The number of piperidine rings is 1. The number of benzene rings is 2. The van der Waals surface area contributed by atoms with Crippen molar-refractivity contribution in [1.82, 2.24) is 19.6 Å². The Morgan fingerprint density at radius 3 is 2.45 bits per heavy atom. The molecular formula is C36H49FN4O3. The summed E-state index contributed by atoms with van der Waals surface area (Å²) in [5, 5.41) is 14.9. The highest BCUT2D eigenvalue weighted by Crippen LogP contribution is 2.43. The highest BCUT2D eigenvalue weighted by Gasteiger charge is 2.42. The van der Waals surface area contributed by atoms with Crippen LogP contribution in [0.15, 0.2) is 54.6 Å². The zero-order valence-electron chi connectivity index (χ0n) is 27.0. The molecule has 2 aromatic carbocycles. The maximum absolute atomic E-state index is 14.3. The number of halogens is 1. The summed E-state index contributed by atoms with van der Waals surface area (Å²) in [4.78, 5) is 16.8. The molecular weight excluding hydrogens is 555 g/mol. The van der Waals surface area contributed by atoms with Gasteiger partial charge < -0.3 is 14.7 Å². The number of methoxy groups -OCH3 is 1. The average molecular weight is 605 g/mol. The third-order valence-corrected chi connectivity index (χ3v) is 10.1. The number of likely N-dealkylation sites (N-methyl/N-ethyl adjacent to an activating group) is 1. The molecule has 1 aliphatic carbocycles. The monoisotopic (exact) mass is 604 g/mol. The molecule has 2 fully saturated rings.